The Balaban J connectivity index is 1.46. The number of fused-ring (bicyclic) bond motifs is 1. The number of Topliss-reactive ketones (excluding diaryl/α,β-unsaturated/α-hetero) is 1. The molecule has 0 aliphatic carbocycles. The van der Waals surface area contributed by atoms with Gasteiger partial charge in [-0.2, -0.15) is 0 Å². The number of benzene rings is 3. The molecular formula is C28H29N3O4. The van der Waals surface area contributed by atoms with Crippen LogP contribution in [0.1, 0.15) is 55.5 Å². The van der Waals surface area contributed by atoms with Crippen LogP contribution < -0.4 is 10.6 Å². The van der Waals surface area contributed by atoms with Gasteiger partial charge in [-0.25, -0.2) is 4.79 Å². The van der Waals surface area contributed by atoms with E-state index in [1.54, 1.807) is 31.2 Å². The number of nitrogens with zero attached hydrogens (tertiary/aromatic N) is 1. The third-order valence-electron chi connectivity index (χ3n) is 6.40. The third kappa shape index (κ3) is 4.94. The number of amides is 4. The summed E-state index contributed by atoms with van der Waals surface area (Å²) < 4.78 is 0. The summed E-state index contributed by atoms with van der Waals surface area (Å²) in [6.45, 7) is 3.38. The summed E-state index contributed by atoms with van der Waals surface area (Å²) in [6.07, 6.45) is 3.34. The van der Waals surface area contributed by atoms with Gasteiger partial charge < -0.3 is 10.6 Å². The van der Waals surface area contributed by atoms with Gasteiger partial charge in [0.25, 0.3) is 5.91 Å². The fourth-order valence-electron chi connectivity index (χ4n) is 4.42. The van der Waals surface area contributed by atoms with Crippen LogP contribution in [0, 0.1) is 0 Å². The first kappa shape index (κ1) is 24.1. The molecule has 35 heavy (non-hydrogen) atoms. The predicted molar refractivity (Wildman–Crippen MR) is 135 cm³/mol. The standard InChI is InChI=1S/C28H29N3O4/c1-3-4-5-13-25(33)29-21-16-14-20(15-17-21)24(32)18-31-26(34)28(2,30-27(31)35)23-12-8-10-19-9-6-7-11-22(19)23/h6-12,14-17H,3-5,13,18H2,1-2H3,(H,29,33)(H,30,35). The van der Waals surface area contributed by atoms with Crippen molar-refractivity contribution in [2.75, 3.05) is 11.9 Å². The minimum Gasteiger partial charge on any atom is -0.326 e. The minimum atomic E-state index is -1.27. The second-order valence-electron chi connectivity index (χ2n) is 8.98. The van der Waals surface area contributed by atoms with Crippen LogP contribution in [0.3, 0.4) is 0 Å². The number of hydrogen-bond acceptors (Lipinski definition) is 4. The maximum atomic E-state index is 13.4. The van der Waals surface area contributed by atoms with Crippen LogP contribution in [0.4, 0.5) is 10.5 Å². The second kappa shape index (κ2) is 10.1. The summed E-state index contributed by atoms with van der Waals surface area (Å²) in [5.41, 5.74) is 0.363. The van der Waals surface area contributed by atoms with E-state index < -0.39 is 17.5 Å². The zero-order valence-electron chi connectivity index (χ0n) is 20.0. The molecule has 4 amide bonds. The van der Waals surface area contributed by atoms with E-state index in [4.69, 9.17) is 0 Å². The molecule has 1 fully saturated rings. The van der Waals surface area contributed by atoms with Crippen molar-refractivity contribution in [1.29, 1.82) is 0 Å². The Kier molecular flexibility index (Phi) is 6.96. The zero-order chi connectivity index (χ0) is 25.0. The minimum absolute atomic E-state index is 0.0652. The SMILES string of the molecule is CCCCCC(=O)Nc1ccc(C(=O)CN2C(=O)NC(C)(c3cccc4ccccc34)C2=O)cc1. The van der Waals surface area contributed by atoms with E-state index in [2.05, 4.69) is 17.6 Å². The van der Waals surface area contributed by atoms with Crippen molar-refractivity contribution in [3.8, 4) is 0 Å². The van der Waals surface area contributed by atoms with E-state index in [-0.39, 0.29) is 18.2 Å². The molecule has 1 saturated heterocycles. The normalized spacial score (nSPS) is 17.5. The number of carbonyl (C=O) groups excluding carboxylic acids is 4. The average molecular weight is 472 g/mol. The van der Waals surface area contributed by atoms with Crippen LogP contribution >= 0.6 is 0 Å². The zero-order valence-corrected chi connectivity index (χ0v) is 20.0. The second-order valence-corrected chi connectivity index (χ2v) is 8.98. The first-order valence-electron chi connectivity index (χ1n) is 11.9. The number of imide groups is 1. The summed E-state index contributed by atoms with van der Waals surface area (Å²) in [7, 11) is 0. The lowest BCUT2D eigenvalue weighted by Gasteiger charge is -2.24. The van der Waals surface area contributed by atoms with E-state index in [0.717, 1.165) is 34.9 Å². The van der Waals surface area contributed by atoms with Crippen molar-refractivity contribution in [2.45, 2.75) is 45.1 Å². The Morgan fingerprint density at radius 2 is 1.66 bits per heavy atom. The average Bonchev–Trinajstić information content (AvgIpc) is 3.07. The smallest absolute Gasteiger partial charge is 0.325 e. The Hall–Kier alpha value is -4.00. The molecule has 7 heteroatoms. The first-order valence-corrected chi connectivity index (χ1v) is 11.9. The summed E-state index contributed by atoms with van der Waals surface area (Å²) in [6, 6.07) is 19.1. The van der Waals surface area contributed by atoms with Crippen molar-refractivity contribution in [3.05, 3.63) is 77.9 Å². The van der Waals surface area contributed by atoms with E-state index in [1.807, 2.05) is 42.5 Å². The van der Waals surface area contributed by atoms with Gasteiger partial charge in [0.15, 0.2) is 5.78 Å². The highest BCUT2D eigenvalue weighted by Crippen LogP contribution is 2.34. The van der Waals surface area contributed by atoms with E-state index in [1.165, 1.54) is 0 Å². The predicted octanol–water partition coefficient (Wildman–Crippen LogP) is 5.01. The molecule has 0 saturated carbocycles. The lowest BCUT2D eigenvalue weighted by Crippen LogP contribution is -2.41. The molecular weight excluding hydrogens is 442 g/mol. The van der Waals surface area contributed by atoms with E-state index in [0.29, 0.717) is 23.2 Å². The number of hydrogen-bond donors (Lipinski definition) is 2. The number of carbonyl (C=O) groups is 4. The van der Waals surface area contributed by atoms with Crippen LogP contribution in [-0.4, -0.2) is 35.1 Å². The lowest BCUT2D eigenvalue weighted by molar-refractivity contribution is -0.130. The first-order chi connectivity index (χ1) is 16.8. The number of unbranched alkanes of at least 4 members (excludes halogenated alkanes) is 2. The maximum Gasteiger partial charge on any atom is 0.325 e. The molecule has 3 aromatic rings. The molecule has 1 atom stereocenters. The Labute approximate surface area is 204 Å². The van der Waals surface area contributed by atoms with Crippen LogP contribution in [0.2, 0.25) is 0 Å². The van der Waals surface area contributed by atoms with Gasteiger partial charge in [-0.05, 0) is 53.9 Å². The molecule has 7 nitrogen and oxygen atoms in total. The molecule has 1 aliphatic rings. The Morgan fingerprint density at radius 3 is 2.40 bits per heavy atom. The molecule has 0 spiro atoms. The molecule has 2 N–H and O–H groups in total. The third-order valence-corrected chi connectivity index (χ3v) is 6.40. The number of nitrogens with one attached hydrogen (secondary N) is 2. The molecule has 0 radical (unpaired) electrons. The molecule has 3 aromatic carbocycles. The topological polar surface area (TPSA) is 95.6 Å². The van der Waals surface area contributed by atoms with Crippen LogP contribution in [0.25, 0.3) is 10.8 Å². The van der Waals surface area contributed by atoms with Crippen LogP contribution in [0.5, 0.6) is 0 Å². The van der Waals surface area contributed by atoms with E-state index in [9.17, 15) is 19.2 Å². The van der Waals surface area contributed by atoms with Gasteiger partial charge >= 0.3 is 6.03 Å². The largest absolute Gasteiger partial charge is 0.326 e. The summed E-state index contributed by atoms with van der Waals surface area (Å²) in [5, 5.41) is 7.43. The molecule has 1 unspecified atom stereocenters. The van der Waals surface area contributed by atoms with Crippen molar-refractivity contribution < 1.29 is 19.2 Å². The summed E-state index contributed by atoms with van der Waals surface area (Å²) in [5.74, 6) is -0.899. The Morgan fingerprint density at radius 1 is 0.943 bits per heavy atom. The molecule has 0 bridgehead atoms. The van der Waals surface area contributed by atoms with Crippen molar-refractivity contribution in [3.63, 3.8) is 0 Å². The molecule has 180 valence electrons. The number of anilines is 1. The fraction of sp³-hybridized carbons (Fsp3) is 0.286. The summed E-state index contributed by atoms with van der Waals surface area (Å²) in [4.78, 5) is 52.0. The molecule has 0 aromatic heterocycles. The Bertz CT molecular complexity index is 1280. The van der Waals surface area contributed by atoms with Gasteiger partial charge in [0.1, 0.15) is 5.54 Å². The maximum absolute atomic E-state index is 13.4. The van der Waals surface area contributed by atoms with Gasteiger partial charge in [0.2, 0.25) is 5.91 Å². The van der Waals surface area contributed by atoms with Gasteiger partial charge in [0.05, 0.1) is 6.54 Å². The van der Waals surface area contributed by atoms with Crippen molar-refractivity contribution in [2.24, 2.45) is 0 Å². The fourth-order valence-corrected chi connectivity index (χ4v) is 4.42. The van der Waals surface area contributed by atoms with Gasteiger partial charge in [0, 0.05) is 17.7 Å². The molecule has 4 rings (SSSR count). The van der Waals surface area contributed by atoms with Gasteiger partial charge in [-0.15, -0.1) is 0 Å². The van der Waals surface area contributed by atoms with Gasteiger partial charge in [-0.3, -0.25) is 19.3 Å². The number of ketones is 1. The van der Waals surface area contributed by atoms with E-state index >= 15 is 0 Å². The number of urea groups is 1. The quantitative estimate of drug-likeness (QED) is 0.261. The van der Waals surface area contributed by atoms with Gasteiger partial charge in [-0.1, -0.05) is 62.2 Å². The van der Waals surface area contributed by atoms with Crippen molar-refractivity contribution in [1.82, 2.24) is 10.2 Å². The highest BCUT2D eigenvalue weighted by molar-refractivity contribution is 6.12. The molecule has 1 aliphatic heterocycles. The highest BCUT2D eigenvalue weighted by atomic mass is 16.2. The van der Waals surface area contributed by atoms with Crippen LogP contribution in [0.15, 0.2) is 66.7 Å². The number of rotatable bonds is 9. The summed E-state index contributed by atoms with van der Waals surface area (Å²) >= 11 is 0. The monoisotopic (exact) mass is 471 g/mol. The van der Waals surface area contributed by atoms with Crippen molar-refractivity contribution >= 4 is 40.1 Å². The highest BCUT2D eigenvalue weighted by Gasteiger charge is 2.50. The van der Waals surface area contributed by atoms with Crippen LogP contribution in [-0.2, 0) is 15.1 Å². The lowest BCUT2D eigenvalue weighted by atomic mass is 9.88. The molecule has 1 heterocycles.